The van der Waals surface area contributed by atoms with Crippen LogP contribution < -0.4 is 16.0 Å². The van der Waals surface area contributed by atoms with Gasteiger partial charge in [0.25, 0.3) is 0 Å². The first-order valence-corrected chi connectivity index (χ1v) is 10.2. The Morgan fingerprint density at radius 3 is 2.48 bits per heavy atom. The molecule has 29 heavy (non-hydrogen) atoms. The van der Waals surface area contributed by atoms with E-state index in [4.69, 9.17) is 0 Å². The smallest absolute Gasteiger partial charge is 0.227 e. The molecule has 0 aromatic heterocycles. The maximum Gasteiger partial charge on any atom is 0.227 e. The third kappa shape index (κ3) is 7.68. The summed E-state index contributed by atoms with van der Waals surface area (Å²) in [6, 6.07) is 18.4. The van der Waals surface area contributed by atoms with Crippen LogP contribution in [0.4, 0.5) is 5.69 Å². The first kappa shape index (κ1) is 23.2. The number of amides is 1. The Balaban J connectivity index is 0.00000300. The van der Waals surface area contributed by atoms with E-state index in [1.165, 1.54) is 5.56 Å². The Morgan fingerprint density at radius 2 is 1.79 bits per heavy atom. The van der Waals surface area contributed by atoms with Crippen molar-refractivity contribution in [3.8, 4) is 0 Å². The van der Waals surface area contributed by atoms with Crippen LogP contribution in [-0.4, -0.2) is 25.0 Å². The number of guanidine groups is 1. The van der Waals surface area contributed by atoms with Crippen molar-refractivity contribution in [2.45, 2.75) is 39.2 Å². The quantitative estimate of drug-likeness (QED) is 0.284. The number of aliphatic imine (C=N–C) groups is 1. The van der Waals surface area contributed by atoms with E-state index < -0.39 is 0 Å². The first-order valence-electron chi connectivity index (χ1n) is 10.2. The number of halogens is 1. The summed E-state index contributed by atoms with van der Waals surface area (Å²) >= 11 is 0. The van der Waals surface area contributed by atoms with E-state index in [1.54, 1.807) is 0 Å². The van der Waals surface area contributed by atoms with Crippen LogP contribution in [0.15, 0.2) is 59.6 Å². The minimum absolute atomic E-state index is 0. The highest BCUT2D eigenvalue weighted by molar-refractivity contribution is 14.0. The molecule has 0 spiro atoms. The first-order chi connectivity index (χ1) is 13.7. The summed E-state index contributed by atoms with van der Waals surface area (Å²) < 4.78 is 0. The number of benzene rings is 2. The van der Waals surface area contributed by atoms with E-state index in [0.717, 1.165) is 56.0 Å². The average Bonchev–Trinajstić information content (AvgIpc) is 2.66. The topological polar surface area (TPSA) is 65.5 Å². The lowest BCUT2D eigenvalue weighted by Crippen LogP contribution is -2.38. The lowest BCUT2D eigenvalue weighted by atomic mass is 9.85. The monoisotopic (exact) mass is 506 g/mol. The Bertz CT molecular complexity index is 790. The molecule has 0 bridgehead atoms. The van der Waals surface area contributed by atoms with Crippen LogP contribution >= 0.6 is 24.0 Å². The summed E-state index contributed by atoms with van der Waals surface area (Å²) in [5, 5.41) is 9.70. The molecule has 5 nitrogen and oxygen atoms in total. The fraction of sp³-hybridized carbons (Fsp3) is 0.391. The van der Waals surface area contributed by atoms with Crippen molar-refractivity contribution in [2.24, 2.45) is 10.9 Å². The van der Waals surface area contributed by atoms with Crippen molar-refractivity contribution < 1.29 is 4.79 Å². The van der Waals surface area contributed by atoms with E-state index in [1.807, 2.05) is 30.3 Å². The second-order valence-corrected chi connectivity index (χ2v) is 7.17. The molecule has 0 atom stereocenters. The SMILES string of the molecule is CCNC(=NCc1cccc(NC(=O)C2CCC2)c1)NCCc1ccccc1.I. The van der Waals surface area contributed by atoms with Gasteiger partial charge in [-0.15, -0.1) is 24.0 Å². The van der Waals surface area contributed by atoms with E-state index in [0.29, 0.717) is 6.54 Å². The summed E-state index contributed by atoms with van der Waals surface area (Å²) in [4.78, 5) is 16.8. The molecule has 1 aliphatic rings. The number of carbonyl (C=O) groups is 1. The molecule has 0 aliphatic heterocycles. The summed E-state index contributed by atoms with van der Waals surface area (Å²) in [5.41, 5.74) is 3.24. The maximum atomic E-state index is 12.1. The highest BCUT2D eigenvalue weighted by Crippen LogP contribution is 2.27. The van der Waals surface area contributed by atoms with Gasteiger partial charge in [0, 0.05) is 24.7 Å². The molecule has 0 saturated heterocycles. The largest absolute Gasteiger partial charge is 0.357 e. The van der Waals surface area contributed by atoms with Crippen LogP contribution in [0.25, 0.3) is 0 Å². The summed E-state index contributed by atoms with van der Waals surface area (Å²) in [6.45, 7) is 4.26. The standard InChI is InChI=1S/C23H30N4O.HI/c1-2-24-23(25-15-14-18-8-4-3-5-9-18)26-17-19-10-6-13-21(16-19)27-22(28)20-11-7-12-20;/h3-6,8-10,13,16,20H,2,7,11-12,14-15,17H2,1H3,(H,27,28)(H2,24,25,26);1H. The third-order valence-corrected chi connectivity index (χ3v) is 4.98. The lowest BCUT2D eigenvalue weighted by molar-refractivity contribution is -0.122. The molecule has 3 N–H and O–H groups in total. The Labute approximate surface area is 190 Å². The molecule has 156 valence electrons. The number of hydrogen-bond acceptors (Lipinski definition) is 2. The van der Waals surface area contributed by atoms with Crippen molar-refractivity contribution in [2.75, 3.05) is 18.4 Å². The molecule has 1 fully saturated rings. The molecule has 6 heteroatoms. The molecular weight excluding hydrogens is 475 g/mol. The van der Waals surface area contributed by atoms with Crippen molar-refractivity contribution in [3.63, 3.8) is 0 Å². The Hall–Kier alpha value is -2.09. The van der Waals surface area contributed by atoms with Crippen molar-refractivity contribution in [1.82, 2.24) is 10.6 Å². The van der Waals surface area contributed by atoms with Gasteiger partial charge in [-0.2, -0.15) is 0 Å². The van der Waals surface area contributed by atoms with Crippen LogP contribution in [-0.2, 0) is 17.8 Å². The number of carbonyl (C=O) groups excluding carboxylic acids is 1. The molecule has 1 saturated carbocycles. The van der Waals surface area contributed by atoms with E-state index in [9.17, 15) is 4.79 Å². The summed E-state index contributed by atoms with van der Waals surface area (Å²) in [5.74, 6) is 1.14. The molecule has 1 aliphatic carbocycles. The zero-order valence-electron chi connectivity index (χ0n) is 17.0. The van der Waals surface area contributed by atoms with Crippen LogP contribution in [0.5, 0.6) is 0 Å². The number of nitrogens with zero attached hydrogens (tertiary/aromatic N) is 1. The second kappa shape index (κ2) is 12.5. The van der Waals surface area contributed by atoms with E-state index in [-0.39, 0.29) is 35.8 Å². The number of anilines is 1. The van der Waals surface area contributed by atoms with Gasteiger partial charge in [-0.25, -0.2) is 4.99 Å². The lowest BCUT2D eigenvalue weighted by Gasteiger charge is -2.24. The van der Waals surface area contributed by atoms with Gasteiger partial charge in [0.05, 0.1) is 6.54 Å². The van der Waals surface area contributed by atoms with Crippen LogP contribution in [0.2, 0.25) is 0 Å². The highest BCUT2D eigenvalue weighted by Gasteiger charge is 2.25. The van der Waals surface area contributed by atoms with Crippen LogP contribution in [0.1, 0.15) is 37.3 Å². The minimum Gasteiger partial charge on any atom is -0.357 e. The molecule has 0 radical (unpaired) electrons. The van der Waals surface area contributed by atoms with Crippen molar-refractivity contribution in [3.05, 3.63) is 65.7 Å². The van der Waals surface area contributed by atoms with Gasteiger partial charge in [-0.1, -0.05) is 48.9 Å². The van der Waals surface area contributed by atoms with Gasteiger partial charge in [0.1, 0.15) is 0 Å². The summed E-state index contributed by atoms with van der Waals surface area (Å²) in [7, 11) is 0. The normalized spacial score (nSPS) is 13.8. The predicted octanol–water partition coefficient (Wildman–Crippen LogP) is 4.34. The Morgan fingerprint density at radius 1 is 1.03 bits per heavy atom. The molecule has 2 aromatic carbocycles. The van der Waals surface area contributed by atoms with Crippen molar-refractivity contribution >= 4 is 41.5 Å². The minimum atomic E-state index is 0. The maximum absolute atomic E-state index is 12.1. The average molecular weight is 506 g/mol. The van der Waals surface area contributed by atoms with E-state index >= 15 is 0 Å². The fourth-order valence-corrected chi connectivity index (χ4v) is 3.14. The molecule has 0 heterocycles. The summed E-state index contributed by atoms with van der Waals surface area (Å²) in [6.07, 6.45) is 4.14. The van der Waals surface area contributed by atoms with Gasteiger partial charge in [0.2, 0.25) is 5.91 Å². The van der Waals surface area contributed by atoms with E-state index in [2.05, 4.69) is 52.1 Å². The fourth-order valence-electron chi connectivity index (χ4n) is 3.14. The Kier molecular flexibility index (Phi) is 9.97. The number of rotatable bonds is 8. The van der Waals surface area contributed by atoms with Gasteiger partial charge in [-0.05, 0) is 49.4 Å². The predicted molar refractivity (Wildman–Crippen MR) is 131 cm³/mol. The second-order valence-electron chi connectivity index (χ2n) is 7.17. The highest BCUT2D eigenvalue weighted by atomic mass is 127. The molecule has 0 unspecified atom stereocenters. The zero-order valence-corrected chi connectivity index (χ0v) is 19.3. The molecule has 3 rings (SSSR count). The molecular formula is C23H31IN4O. The zero-order chi connectivity index (χ0) is 19.6. The molecule has 2 aromatic rings. The van der Waals surface area contributed by atoms with Crippen molar-refractivity contribution in [1.29, 1.82) is 0 Å². The van der Waals surface area contributed by atoms with Crippen LogP contribution in [0.3, 0.4) is 0 Å². The molecule has 1 amide bonds. The number of nitrogens with one attached hydrogen (secondary N) is 3. The van der Waals surface area contributed by atoms with Crippen LogP contribution in [0, 0.1) is 5.92 Å². The van der Waals surface area contributed by atoms with Gasteiger partial charge in [-0.3, -0.25) is 4.79 Å². The van der Waals surface area contributed by atoms with Gasteiger partial charge >= 0.3 is 0 Å². The van der Waals surface area contributed by atoms with Gasteiger partial charge < -0.3 is 16.0 Å². The van der Waals surface area contributed by atoms with Gasteiger partial charge in [0.15, 0.2) is 5.96 Å². The number of hydrogen-bond donors (Lipinski definition) is 3. The third-order valence-electron chi connectivity index (χ3n) is 4.98.